The molecule has 0 unspecified atom stereocenters. The zero-order valence-electron chi connectivity index (χ0n) is 10.7. The number of anilines is 1. The lowest BCUT2D eigenvalue weighted by Gasteiger charge is -2.16. The first kappa shape index (κ1) is 13.9. The molecule has 1 aromatic heterocycles. The Bertz CT molecular complexity index is 600. The second-order valence-corrected chi connectivity index (χ2v) is 6.23. The Morgan fingerprint density at radius 3 is 2.80 bits per heavy atom. The molecular formula is C14H14BrClFN3. The van der Waals surface area contributed by atoms with Gasteiger partial charge in [-0.25, -0.2) is 9.37 Å². The predicted molar refractivity (Wildman–Crippen MR) is 82.1 cm³/mol. The monoisotopic (exact) mass is 357 g/mol. The summed E-state index contributed by atoms with van der Waals surface area (Å²) < 4.78 is 15.8. The maximum absolute atomic E-state index is 13.3. The Balaban J connectivity index is 1.96. The van der Waals surface area contributed by atoms with Crippen LogP contribution in [0.15, 0.2) is 29.0 Å². The molecule has 1 heterocycles. The van der Waals surface area contributed by atoms with Gasteiger partial charge in [0.05, 0.1) is 10.7 Å². The van der Waals surface area contributed by atoms with E-state index in [1.54, 1.807) is 6.20 Å². The van der Waals surface area contributed by atoms with Crippen LogP contribution in [0.4, 0.5) is 10.3 Å². The molecule has 1 saturated carbocycles. The molecule has 0 aliphatic heterocycles. The lowest BCUT2D eigenvalue weighted by atomic mass is 10.2. The molecule has 6 heteroatoms. The van der Waals surface area contributed by atoms with Gasteiger partial charge in [0.1, 0.15) is 5.82 Å². The summed E-state index contributed by atoms with van der Waals surface area (Å²) in [4.78, 5) is 4.34. The molecule has 1 aliphatic carbocycles. The van der Waals surface area contributed by atoms with Gasteiger partial charge >= 0.3 is 0 Å². The fourth-order valence-corrected chi connectivity index (χ4v) is 3.64. The van der Waals surface area contributed by atoms with Gasteiger partial charge in [-0.3, -0.25) is 4.57 Å². The third-order valence-corrected chi connectivity index (χ3v) is 4.44. The van der Waals surface area contributed by atoms with E-state index in [4.69, 9.17) is 11.6 Å². The van der Waals surface area contributed by atoms with E-state index in [0.717, 1.165) is 18.8 Å². The van der Waals surface area contributed by atoms with Gasteiger partial charge in [0.15, 0.2) is 0 Å². The summed E-state index contributed by atoms with van der Waals surface area (Å²) in [6, 6.07) is 3.16. The highest BCUT2D eigenvalue weighted by molar-refractivity contribution is 9.10. The van der Waals surface area contributed by atoms with Crippen LogP contribution < -0.4 is 5.32 Å². The Morgan fingerprint density at radius 1 is 1.35 bits per heavy atom. The summed E-state index contributed by atoms with van der Waals surface area (Å²) >= 11 is 9.53. The molecule has 0 atom stereocenters. The minimum absolute atomic E-state index is 0.351. The Hall–Kier alpha value is -1.07. The van der Waals surface area contributed by atoms with Crippen molar-refractivity contribution < 1.29 is 4.39 Å². The van der Waals surface area contributed by atoms with Crippen molar-refractivity contribution in [2.45, 2.75) is 31.7 Å². The molecule has 1 aliphatic rings. The number of imidazole rings is 1. The topological polar surface area (TPSA) is 29.9 Å². The number of benzene rings is 1. The largest absolute Gasteiger partial charge is 0.353 e. The smallest absolute Gasteiger partial charge is 0.207 e. The number of aromatic nitrogens is 2. The summed E-state index contributed by atoms with van der Waals surface area (Å²) in [5, 5.41) is 3.79. The Kier molecular flexibility index (Phi) is 3.98. The van der Waals surface area contributed by atoms with Crippen LogP contribution in [-0.2, 0) is 0 Å². The lowest BCUT2D eigenvalue weighted by Crippen LogP contribution is -2.17. The van der Waals surface area contributed by atoms with E-state index < -0.39 is 0 Å². The molecule has 1 fully saturated rings. The fraction of sp³-hybridized carbons (Fsp3) is 0.357. The third kappa shape index (κ3) is 2.69. The molecular weight excluding hydrogens is 345 g/mol. The first-order valence-corrected chi connectivity index (χ1v) is 7.77. The van der Waals surface area contributed by atoms with E-state index in [2.05, 4.69) is 26.2 Å². The highest BCUT2D eigenvalue weighted by Crippen LogP contribution is 2.32. The molecule has 0 amide bonds. The van der Waals surface area contributed by atoms with E-state index in [1.165, 1.54) is 25.0 Å². The van der Waals surface area contributed by atoms with Crippen LogP contribution in [0.5, 0.6) is 0 Å². The van der Waals surface area contributed by atoms with Gasteiger partial charge in [0.2, 0.25) is 5.95 Å². The van der Waals surface area contributed by atoms with Crippen molar-refractivity contribution in [1.29, 1.82) is 0 Å². The predicted octanol–water partition coefficient (Wildman–Crippen LogP) is 4.78. The first-order chi connectivity index (χ1) is 9.65. The molecule has 0 spiro atoms. The van der Waals surface area contributed by atoms with E-state index >= 15 is 0 Å². The summed E-state index contributed by atoms with van der Waals surface area (Å²) in [6.45, 7) is 0. The number of nitrogens with one attached hydrogen (secondary N) is 1. The van der Waals surface area contributed by atoms with Crippen LogP contribution in [0.25, 0.3) is 5.69 Å². The first-order valence-electron chi connectivity index (χ1n) is 6.60. The molecule has 3 rings (SSSR count). The maximum Gasteiger partial charge on any atom is 0.207 e. The second-order valence-electron chi connectivity index (χ2n) is 4.96. The van der Waals surface area contributed by atoms with Crippen molar-refractivity contribution in [3.63, 3.8) is 0 Å². The molecule has 0 bridgehead atoms. The van der Waals surface area contributed by atoms with Crippen molar-refractivity contribution >= 4 is 33.5 Å². The van der Waals surface area contributed by atoms with Crippen molar-refractivity contribution in [1.82, 2.24) is 9.55 Å². The van der Waals surface area contributed by atoms with Crippen molar-refractivity contribution in [3.05, 3.63) is 39.8 Å². The van der Waals surface area contributed by atoms with Gasteiger partial charge in [-0.15, -0.1) is 0 Å². The van der Waals surface area contributed by atoms with Crippen LogP contribution in [-0.4, -0.2) is 15.6 Å². The van der Waals surface area contributed by atoms with Gasteiger partial charge in [0, 0.05) is 22.9 Å². The van der Waals surface area contributed by atoms with Gasteiger partial charge < -0.3 is 5.32 Å². The molecule has 1 N–H and O–H groups in total. The molecule has 1 aromatic carbocycles. The quantitative estimate of drug-likeness (QED) is 0.855. The average Bonchev–Trinajstić information content (AvgIpc) is 3.01. The minimum Gasteiger partial charge on any atom is -0.353 e. The van der Waals surface area contributed by atoms with E-state index in [0.29, 0.717) is 21.2 Å². The lowest BCUT2D eigenvalue weighted by molar-refractivity contribution is 0.626. The van der Waals surface area contributed by atoms with Gasteiger partial charge in [-0.05, 0) is 40.9 Å². The standard InChI is InChI=1S/C14H14BrClFN3/c15-11-7-9(17)8-12(16)13(11)20-6-5-18-14(20)19-10-3-1-2-4-10/h5-8,10H,1-4H2,(H,18,19). The fourth-order valence-electron chi connectivity index (χ4n) is 2.61. The van der Waals surface area contributed by atoms with Gasteiger partial charge in [-0.1, -0.05) is 24.4 Å². The minimum atomic E-state index is -0.365. The van der Waals surface area contributed by atoms with E-state index in [-0.39, 0.29) is 5.82 Å². The summed E-state index contributed by atoms with van der Waals surface area (Å²) in [6.07, 6.45) is 8.35. The summed E-state index contributed by atoms with van der Waals surface area (Å²) in [5.74, 6) is 0.377. The van der Waals surface area contributed by atoms with E-state index in [9.17, 15) is 4.39 Å². The maximum atomic E-state index is 13.3. The number of halogens is 3. The normalized spacial score (nSPS) is 15.8. The molecule has 20 heavy (non-hydrogen) atoms. The van der Waals surface area contributed by atoms with Gasteiger partial charge in [-0.2, -0.15) is 0 Å². The highest BCUT2D eigenvalue weighted by Gasteiger charge is 2.19. The molecule has 0 saturated heterocycles. The number of rotatable bonds is 3. The number of hydrogen-bond donors (Lipinski definition) is 1. The van der Waals surface area contributed by atoms with Crippen LogP contribution in [0.1, 0.15) is 25.7 Å². The van der Waals surface area contributed by atoms with Gasteiger partial charge in [0.25, 0.3) is 0 Å². The van der Waals surface area contributed by atoms with Crippen LogP contribution in [0.2, 0.25) is 5.02 Å². The SMILES string of the molecule is Fc1cc(Cl)c(-n2ccnc2NC2CCCC2)c(Br)c1. The van der Waals surface area contributed by atoms with Crippen LogP contribution >= 0.6 is 27.5 Å². The molecule has 0 radical (unpaired) electrons. The third-order valence-electron chi connectivity index (χ3n) is 3.55. The summed E-state index contributed by atoms with van der Waals surface area (Å²) in [5.41, 5.74) is 0.700. The number of hydrogen-bond acceptors (Lipinski definition) is 2. The Labute approximate surface area is 130 Å². The molecule has 106 valence electrons. The molecule has 3 nitrogen and oxygen atoms in total. The van der Waals surface area contributed by atoms with Crippen LogP contribution in [0.3, 0.4) is 0 Å². The second kappa shape index (κ2) is 5.74. The van der Waals surface area contributed by atoms with E-state index in [1.807, 2.05) is 10.8 Å². The number of nitrogens with zero attached hydrogens (tertiary/aromatic N) is 2. The Morgan fingerprint density at radius 2 is 2.10 bits per heavy atom. The summed E-state index contributed by atoms with van der Waals surface area (Å²) in [7, 11) is 0. The van der Waals surface area contributed by atoms with Crippen molar-refractivity contribution in [2.75, 3.05) is 5.32 Å². The zero-order valence-corrected chi connectivity index (χ0v) is 13.1. The van der Waals surface area contributed by atoms with Crippen molar-refractivity contribution in [2.24, 2.45) is 0 Å². The zero-order chi connectivity index (χ0) is 14.1. The molecule has 2 aromatic rings. The van der Waals surface area contributed by atoms with Crippen LogP contribution in [0, 0.1) is 5.82 Å². The van der Waals surface area contributed by atoms with Crippen molar-refractivity contribution in [3.8, 4) is 5.69 Å². The average molecular weight is 359 g/mol. The highest BCUT2D eigenvalue weighted by atomic mass is 79.9.